The number of nitrogens with zero attached hydrogens (tertiary/aromatic N) is 4. The molecule has 1 aromatic rings. The fourth-order valence-corrected chi connectivity index (χ4v) is 3.77. The molecule has 112 valence electrons. The van der Waals surface area contributed by atoms with E-state index in [1.807, 2.05) is 20.9 Å². The van der Waals surface area contributed by atoms with Gasteiger partial charge in [0.15, 0.2) is 0 Å². The third kappa shape index (κ3) is 3.12. The molecule has 1 aliphatic rings. The fraction of sp³-hybridized carbons (Fsp3) is 0.833. The summed E-state index contributed by atoms with van der Waals surface area (Å²) < 4.78 is 6.89. The van der Waals surface area contributed by atoms with Crippen LogP contribution in [-0.4, -0.2) is 50.1 Å². The smallest absolute Gasteiger partial charge is 0.326 e. The number of likely N-dealkylation sites (N-methyl/N-ethyl adjacent to an activating group) is 1. The Bertz CT molecular complexity index is 466. The number of carbonyl (C=O) groups excluding carboxylic acids is 1. The number of nitrogens with one attached hydrogen (secondary N) is 1. The van der Waals surface area contributed by atoms with E-state index in [4.69, 9.17) is 4.74 Å². The lowest BCUT2D eigenvalue weighted by Gasteiger charge is -2.27. The summed E-state index contributed by atoms with van der Waals surface area (Å²) in [7, 11) is 1.82. The first kappa shape index (κ1) is 15.2. The Morgan fingerprint density at radius 2 is 2.40 bits per heavy atom. The minimum Gasteiger partial charge on any atom is -0.465 e. The molecule has 1 N–H and O–H groups in total. The second kappa shape index (κ2) is 6.53. The predicted octanol–water partition coefficient (Wildman–Crippen LogP) is 0.766. The number of carbonyl (C=O) groups is 1. The second-order valence-electron chi connectivity index (χ2n) is 4.90. The zero-order valence-corrected chi connectivity index (χ0v) is 12.9. The minimum atomic E-state index is -0.547. The van der Waals surface area contributed by atoms with Crippen LogP contribution in [0, 0.1) is 0 Å². The molecule has 1 saturated carbocycles. The van der Waals surface area contributed by atoms with Gasteiger partial charge in [0, 0.05) is 12.3 Å². The van der Waals surface area contributed by atoms with Crippen LogP contribution in [0.2, 0.25) is 0 Å². The highest BCUT2D eigenvalue weighted by Crippen LogP contribution is 2.40. The van der Waals surface area contributed by atoms with Gasteiger partial charge in [0.1, 0.15) is 5.54 Å². The first-order valence-electron chi connectivity index (χ1n) is 6.92. The number of aryl methyl sites for hydroxylation is 1. The topological polar surface area (TPSA) is 81.9 Å². The van der Waals surface area contributed by atoms with Crippen LogP contribution < -0.4 is 5.32 Å². The van der Waals surface area contributed by atoms with Gasteiger partial charge in [0.05, 0.1) is 6.61 Å². The molecule has 2 atom stereocenters. The number of hydrogen-bond donors (Lipinski definition) is 1. The standard InChI is InChI=1S/C12H21N5O2S/c1-4-13-12(10(18)19-5-2)7-6-9(8-12)20-11-14-15-16-17(11)3/h9,13H,4-8H2,1-3H3. The zero-order chi connectivity index (χ0) is 14.6. The molecule has 8 heteroatoms. The zero-order valence-electron chi connectivity index (χ0n) is 12.1. The Morgan fingerprint density at radius 1 is 1.60 bits per heavy atom. The van der Waals surface area contributed by atoms with Crippen LogP contribution in [0.5, 0.6) is 0 Å². The van der Waals surface area contributed by atoms with Crippen LogP contribution >= 0.6 is 11.8 Å². The number of rotatable bonds is 6. The second-order valence-corrected chi connectivity index (χ2v) is 6.17. The molecule has 1 aliphatic carbocycles. The summed E-state index contributed by atoms with van der Waals surface area (Å²) in [6.45, 7) is 5.01. The molecular formula is C12H21N5O2S. The molecule has 0 spiro atoms. The third-order valence-electron chi connectivity index (χ3n) is 3.50. The summed E-state index contributed by atoms with van der Waals surface area (Å²) in [6.07, 6.45) is 2.49. The molecule has 1 aromatic heterocycles. The van der Waals surface area contributed by atoms with Crippen LogP contribution in [0.15, 0.2) is 5.16 Å². The Kier molecular flexibility index (Phi) is 4.98. The maximum atomic E-state index is 12.2. The summed E-state index contributed by atoms with van der Waals surface area (Å²) in [5, 5.41) is 15.9. The molecule has 1 heterocycles. The molecule has 0 radical (unpaired) electrons. The van der Waals surface area contributed by atoms with E-state index in [9.17, 15) is 4.79 Å². The van der Waals surface area contributed by atoms with Gasteiger partial charge in [0.25, 0.3) is 0 Å². The van der Waals surface area contributed by atoms with Crippen molar-refractivity contribution in [2.75, 3.05) is 13.2 Å². The Hall–Kier alpha value is -1.15. The minimum absolute atomic E-state index is 0.138. The van der Waals surface area contributed by atoms with Crippen LogP contribution in [0.1, 0.15) is 33.1 Å². The van der Waals surface area contributed by atoms with Crippen LogP contribution in [0.25, 0.3) is 0 Å². The molecule has 20 heavy (non-hydrogen) atoms. The van der Waals surface area contributed by atoms with Gasteiger partial charge in [-0.05, 0) is 43.2 Å². The normalized spacial score (nSPS) is 25.9. The van der Waals surface area contributed by atoms with Crippen molar-refractivity contribution in [1.29, 1.82) is 0 Å². The van der Waals surface area contributed by atoms with E-state index in [0.717, 1.165) is 31.0 Å². The van der Waals surface area contributed by atoms with Crippen molar-refractivity contribution in [3.63, 3.8) is 0 Å². The predicted molar refractivity (Wildman–Crippen MR) is 75.3 cm³/mol. The Morgan fingerprint density at radius 3 is 3.00 bits per heavy atom. The summed E-state index contributed by atoms with van der Waals surface area (Å²) >= 11 is 1.63. The number of aromatic nitrogens is 4. The van der Waals surface area contributed by atoms with Crippen molar-refractivity contribution in [1.82, 2.24) is 25.5 Å². The maximum absolute atomic E-state index is 12.2. The van der Waals surface area contributed by atoms with Gasteiger partial charge in [-0.15, -0.1) is 5.10 Å². The molecule has 0 saturated heterocycles. The van der Waals surface area contributed by atoms with E-state index >= 15 is 0 Å². The first-order valence-corrected chi connectivity index (χ1v) is 7.80. The van der Waals surface area contributed by atoms with Crippen LogP contribution in [0.3, 0.4) is 0 Å². The molecular weight excluding hydrogens is 278 g/mol. The summed E-state index contributed by atoms with van der Waals surface area (Å²) in [6, 6.07) is 0. The van der Waals surface area contributed by atoms with Gasteiger partial charge < -0.3 is 10.1 Å². The number of hydrogen-bond acceptors (Lipinski definition) is 7. The Labute approximate surface area is 122 Å². The number of esters is 1. The quantitative estimate of drug-likeness (QED) is 0.777. The number of thioether (sulfide) groups is 1. The van der Waals surface area contributed by atoms with E-state index in [-0.39, 0.29) is 5.97 Å². The average molecular weight is 299 g/mol. The highest BCUT2D eigenvalue weighted by molar-refractivity contribution is 7.99. The van der Waals surface area contributed by atoms with E-state index in [1.54, 1.807) is 16.4 Å². The molecule has 0 aliphatic heterocycles. The maximum Gasteiger partial charge on any atom is 0.326 e. The van der Waals surface area contributed by atoms with E-state index in [0.29, 0.717) is 11.9 Å². The number of ether oxygens (including phenoxy) is 1. The van der Waals surface area contributed by atoms with E-state index in [2.05, 4.69) is 20.8 Å². The highest BCUT2D eigenvalue weighted by Gasteiger charge is 2.46. The van der Waals surface area contributed by atoms with Crippen molar-refractivity contribution < 1.29 is 9.53 Å². The van der Waals surface area contributed by atoms with Gasteiger partial charge in [-0.1, -0.05) is 18.7 Å². The molecule has 0 aromatic carbocycles. The van der Waals surface area contributed by atoms with Crippen LogP contribution in [-0.2, 0) is 16.6 Å². The molecule has 1 fully saturated rings. The molecule has 0 amide bonds. The first-order chi connectivity index (χ1) is 9.61. The molecule has 0 bridgehead atoms. The van der Waals surface area contributed by atoms with Crippen molar-refractivity contribution >= 4 is 17.7 Å². The summed E-state index contributed by atoms with van der Waals surface area (Å²) in [5.74, 6) is -0.138. The fourth-order valence-electron chi connectivity index (χ4n) is 2.60. The van der Waals surface area contributed by atoms with E-state index in [1.165, 1.54) is 0 Å². The summed E-state index contributed by atoms with van der Waals surface area (Å²) in [4.78, 5) is 12.2. The molecule has 7 nitrogen and oxygen atoms in total. The van der Waals surface area contributed by atoms with Crippen molar-refractivity contribution in [2.45, 2.75) is 49.1 Å². The SMILES string of the molecule is CCNC1(C(=O)OCC)CCC(Sc2nnnn2C)C1. The lowest BCUT2D eigenvalue weighted by molar-refractivity contribution is -0.151. The van der Waals surface area contributed by atoms with Crippen molar-refractivity contribution in [3.05, 3.63) is 0 Å². The van der Waals surface area contributed by atoms with Gasteiger partial charge in [-0.2, -0.15) is 0 Å². The largest absolute Gasteiger partial charge is 0.465 e. The highest BCUT2D eigenvalue weighted by atomic mass is 32.2. The van der Waals surface area contributed by atoms with Gasteiger partial charge in [0.2, 0.25) is 5.16 Å². The number of tetrazole rings is 1. The third-order valence-corrected chi connectivity index (χ3v) is 4.80. The lowest BCUT2D eigenvalue weighted by atomic mass is 9.98. The lowest BCUT2D eigenvalue weighted by Crippen LogP contribution is -2.51. The van der Waals surface area contributed by atoms with Gasteiger partial charge in [-0.25, -0.2) is 4.68 Å². The van der Waals surface area contributed by atoms with E-state index < -0.39 is 5.54 Å². The van der Waals surface area contributed by atoms with Gasteiger partial charge >= 0.3 is 5.97 Å². The average Bonchev–Trinajstić information content (AvgIpc) is 3.00. The monoisotopic (exact) mass is 299 g/mol. The molecule has 2 rings (SSSR count). The van der Waals surface area contributed by atoms with Gasteiger partial charge in [-0.3, -0.25) is 4.79 Å². The van der Waals surface area contributed by atoms with Crippen molar-refractivity contribution in [2.24, 2.45) is 7.05 Å². The van der Waals surface area contributed by atoms with Crippen molar-refractivity contribution in [3.8, 4) is 0 Å². The van der Waals surface area contributed by atoms with Crippen LogP contribution in [0.4, 0.5) is 0 Å². The molecule has 2 unspecified atom stereocenters. The summed E-state index contributed by atoms with van der Waals surface area (Å²) in [5.41, 5.74) is -0.547. The Balaban J connectivity index is 2.03.